The number of rotatable bonds is 5. The third kappa shape index (κ3) is 4.15. The minimum Gasteiger partial charge on any atom is -0.454 e. The van der Waals surface area contributed by atoms with Gasteiger partial charge in [0, 0.05) is 15.1 Å². The molecule has 8 heteroatoms. The summed E-state index contributed by atoms with van der Waals surface area (Å²) >= 11 is 9.25. The molecule has 3 aromatic carbocycles. The van der Waals surface area contributed by atoms with Gasteiger partial charge in [-0.15, -0.1) is 0 Å². The minimum atomic E-state index is -0.769. The predicted octanol–water partition coefficient (Wildman–Crippen LogP) is 4.94. The third-order valence-electron chi connectivity index (χ3n) is 4.69. The molecule has 0 N–H and O–H groups in total. The van der Waals surface area contributed by atoms with Crippen molar-refractivity contribution >= 4 is 56.8 Å². The highest BCUT2D eigenvalue weighted by Gasteiger charge is 2.37. The van der Waals surface area contributed by atoms with Gasteiger partial charge in [0.2, 0.25) is 0 Å². The molecule has 0 spiro atoms. The van der Waals surface area contributed by atoms with Crippen LogP contribution in [0.3, 0.4) is 0 Å². The quantitative estimate of drug-likeness (QED) is 0.283. The molecule has 31 heavy (non-hydrogen) atoms. The highest BCUT2D eigenvalue weighted by Crippen LogP contribution is 2.30. The normalized spacial score (nSPS) is 12.6. The summed E-state index contributed by atoms with van der Waals surface area (Å²) in [6.45, 7) is -0.445. The summed E-state index contributed by atoms with van der Waals surface area (Å²) < 4.78 is 5.92. The minimum absolute atomic E-state index is 0.0662. The number of hydrogen-bond donors (Lipinski definition) is 0. The summed E-state index contributed by atoms with van der Waals surface area (Å²) in [5, 5.41) is 0.383. The highest BCUT2D eigenvalue weighted by molar-refractivity contribution is 9.10. The van der Waals surface area contributed by atoms with E-state index in [-0.39, 0.29) is 22.5 Å². The second-order valence-electron chi connectivity index (χ2n) is 6.69. The second-order valence-corrected chi connectivity index (χ2v) is 8.04. The Hall–Kier alpha value is -3.29. The van der Waals surface area contributed by atoms with E-state index >= 15 is 0 Å². The predicted molar refractivity (Wildman–Crippen MR) is 118 cm³/mol. The van der Waals surface area contributed by atoms with Gasteiger partial charge in [0.1, 0.15) is 0 Å². The van der Waals surface area contributed by atoms with E-state index in [1.807, 2.05) is 0 Å². The van der Waals surface area contributed by atoms with E-state index in [4.69, 9.17) is 16.3 Å². The molecule has 0 aliphatic carbocycles. The van der Waals surface area contributed by atoms with E-state index in [2.05, 4.69) is 15.9 Å². The van der Waals surface area contributed by atoms with Crippen molar-refractivity contribution in [3.05, 3.63) is 98.5 Å². The zero-order valence-electron chi connectivity index (χ0n) is 15.8. The average Bonchev–Trinajstić information content (AvgIpc) is 3.02. The van der Waals surface area contributed by atoms with Gasteiger partial charge < -0.3 is 4.74 Å². The van der Waals surface area contributed by atoms with Crippen molar-refractivity contribution < 1.29 is 23.9 Å². The Balaban J connectivity index is 1.51. The van der Waals surface area contributed by atoms with Gasteiger partial charge in [-0.2, -0.15) is 0 Å². The Kier molecular flexibility index (Phi) is 5.71. The largest absolute Gasteiger partial charge is 0.454 e. The van der Waals surface area contributed by atoms with Gasteiger partial charge in [0.05, 0.1) is 22.4 Å². The third-order valence-corrected chi connectivity index (χ3v) is 5.45. The van der Waals surface area contributed by atoms with Crippen molar-refractivity contribution in [1.29, 1.82) is 0 Å². The Bertz CT molecular complexity index is 1240. The fourth-order valence-electron chi connectivity index (χ4n) is 3.15. The number of anilines is 1. The number of ketones is 1. The number of nitrogens with zero attached hydrogens (tertiary/aromatic N) is 1. The number of imide groups is 1. The van der Waals surface area contributed by atoms with E-state index in [1.165, 1.54) is 24.3 Å². The highest BCUT2D eigenvalue weighted by atomic mass is 79.9. The number of Topliss-reactive ketones (excluding diaryl/α,β-unsaturated/α-hetero) is 1. The summed E-state index contributed by atoms with van der Waals surface area (Å²) in [5.41, 5.74) is 1.06. The number of benzene rings is 3. The van der Waals surface area contributed by atoms with Gasteiger partial charge in [-0.25, -0.2) is 9.69 Å². The number of esters is 1. The SMILES string of the molecule is O=C(COC(=O)c1ccc2c(c1)C(=O)N(c1cccc(Cl)c1)C2=O)c1ccc(Br)cc1. The van der Waals surface area contributed by atoms with Crippen LogP contribution < -0.4 is 4.90 Å². The van der Waals surface area contributed by atoms with Crippen LogP contribution >= 0.6 is 27.5 Å². The molecule has 0 radical (unpaired) electrons. The van der Waals surface area contributed by atoms with Crippen LogP contribution in [0.25, 0.3) is 0 Å². The lowest BCUT2D eigenvalue weighted by atomic mass is 10.1. The first-order chi connectivity index (χ1) is 14.8. The maximum absolute atomic E-state index is 12.8. The number of halogens is 2. The number of carbonyl (C=O) groups is 4. The molecule has 154 valence electrons. The molecule has 1 aliphatic heterocycles. The summed E-state index contributed by atoms with van der Waals surface area (Å²) in [6.07, 6.45) is 0. The van der Waals surface area contributed by atoms with E-state index in [1.54, 1.807) is 42.5 Å². The van der Waals surface area contributed by atoms with Gasteiger partial charge in [0.15, 0.2) is 12.4 Å². The van der Waals surface area contributed by atoms with Crippen LogP contribution in [0.5, 0.6) is 0 Å². The standard InChI is InChI=1S/C23H13BrClNO5/c24-15-7-4-13(5-8-15)20(27)12-31-23(30)14-6-9-18-19(10-14)22(29)26(21(18)28)17-3-1-2-16(25)11-17/h1-11H,12H2. The van der Waals surface area contributed by atoms with Crippen molar-refractivity contribution in [3.63, 3.8) is 0 Å². The summed E-state index contributed by atoms with van der Waals surface area (Å²) in [5.74, 6) is -2.20. The molecule has 0 fully saturated rings. The first-order valence-electron chi connectivity index (χ1n) is 9.09. The maximum Gasteiger partial charge on any atom is 0.338 e. The van der Waals surface area contributed by atoms with Gasteiger partial charge >= 0.3 is 5.97 Å². The lowest BCUT2D eigenvalue weighted by Crippen LogP contribution is -2.29. The van der Waals surface area contributed by atoms with Crippen molar-refractivity contribution in [2.24, 2.45) is 0 Å². The topological polar surface area (TPSA) is 80.8 Å². The number of ether oxygens (including phenoxy) is 1. The van der Waals surface area contributed by atoms with E-state index in [9.17, 15) is 19.2 Å². The molecule has 4 rings (SSSR count). The smallest absolute Gasteiger partial charge is 0.338 e. The van der Waals surface area contributed by atoms with Gasteiger partial charge in [-0.1, -0.05) is 45.7 Å². The molecule has 3 aromatic rings. The van der Waals surface area contributed by atoms with Crippen LogP contribution in [0.4, 0.5) is 5.69 Å². The monoisotopic (exact) mass is 497 g/mol. The Morgan fingerprint density at radius 1 is 0.871 bits per heavy atom. The Morgan fingerprint density at radius 2 is 1.55 bits per heavy atom. The van der Waals surface area contributed by atoms with Crippen LogP contribution in [-0.4, -0.2) is 30.2 Å². The average molecular weight is 499 g/mol. The lowest BCUT2D eigenvalue weighted by molar-refractivity contribution is 0.0474. The zero-order valence-corrected chi connectivity index (χ0v) is 18.1. The number of carbonyl (C=O) groups excluding carboxylic acids is 4. The summed E-state index contributed by atoms with van der Waals surface area (Å²) in [7, 11) is 0. The zero-order chi connectivity index (χ0) is 22.1. The maximum atomic E-state index is 12.8. The van der Waals surface area contributed by atoms with Crippen molar-refractivity contribution in [3.8, 4) is 0 Å². The number of hydrogen-bond acceptors (Lipinski definition) is 5. The molecular weight excluding hydrogens is 486 g/mol. The first kappa shape index (κ1) is 21.0. The van der Waals surface area contributed by atoms with E-state index in [0.29, 0.717) is 16.3 Å². The van der Waals surface area contributed by atoms with Gasteiger partial charge in [0.25, 0.3) is 11.8 Å². The molecule has 6 nitrogen and oxygen atoms in total. The van der Waals surface area contributed by atoms with Gasteiger partial charge in [-0.3, -0.25) is 14.4 Å². The second kappa shape index (κ2) is 8.45. The Morgan fingerprint density at radius 3 is 2.26 bits per heavy atom. The fourth-order valence-corrected chi connectivity index (χ4v) is 3.60. The molecular formula is C23H13BrClNO5. The molecule has 0 saturated carbocycles. The number of amides is 2. The summed E-state index contributed by atoms with van der Waals surface area (Å²) in [6, 6.07) is 17.1. The van der Waals surface area contributed by atoms with Crippen molar-refractivity contribution in [1.82, 2.24) is 0 Å². The van der Waals surface area contributed by atoms with Crippen molar-refractivity contribution in [2.75, 3.05) is 11.5 Å². The van der Waals surface area contributed by atoms with Gasteiger partial charge in [-0.05, 0) is 48.5 Å². The molecule has 1 aliphatic rings. The molecule has 0 aromatic heterocycles. The fraction of sp³-hybridized carbons (Fsp3) is 0.0435. The number of fused-ring (bicyclic) bond motifs is 1. The molecule has 0 bridgehead atoms. The van der Waals surface area contributed by atoms with E-state index < -0.39 is 24.4 Å². The molecule has 0 unspecified atom stereocenters. The van der Waals surface area contributed by atoms with Crippen LogP contribution in [0.15, 0.2) is 71.2 Å². The van der Waals surface area contributed by atoms with Crippen LogP contribution in [-0.2, 0) is 4.74 Å². The molecule has 0 saturated heterocycles. The molecule has 2 amide bonds. The summed E-state index contributed by atoms with van der Waals surface area (Å²) in [4.78, 5) is 51.1. The molecule has 1 heterocycles. The van der Waals surface area contributed by atoms with Crippen LogP contribution in [0.2, 0.25) is 5.02 Å². The van der Waals surface area contributed by atoms with Crippen molar-refractivity contribution in [2.45, 2.75) is 0 Å². The van der Waals surface area contributed by atoms with Crippen LogP contribution in [0.1, 0.15) is 41.4 Å². The van der Waals surface area contributed by atoms with Crippen LogP contribution in [0, 0.1) is 0 Å². The first-order valence-corrected chi connectivity index (χ1v) is 10.3. The molecule has 0 atom stereocenters. The Labute approximate surface area is 190 Å². The van der Waals surface area contributed by atoms with E-state index in [0.717, 1.165) is 9.37 Å². The lowest BCUT2D eigenvalue weighted by Gasteiger charge is -2.13.